The number of nitrogen functional groups attached to an aromatic ring is 1. The monoisotopic (exact) mass is 230 g/mol. The Balaban J connectivity index is 2.74. The number of methoxy groups -OCH3 is 1. The topological polar surface area (TPSA) is 65.2 Å². The second-order valence-corrected chi connectivity index (χ2v) is 3.82. The van der Waals surface area contributed by atoms with Gasteiger partial charge in [-0.25, -0.2) is 4.79 Å². The van der Waals surface area contributed by atoms with Gasteiger partial charge in [-0.2, -0.15) is 0 Å². The van der Waals surface area contributed by atoms with Gasteiger partial charge in [-0.15, -0.1) is 0 Å². The Hall–Kier alpha value is -2.10. The standard InChI is InChI=1S/C13H14N2O2/c1-3-8-4-10-11(13(16)17-2)5-9(14)6-12(10)15-7-8/h4-7H,3,14H2,1-2H3. The van der Waals surface area contributed by atoms with E-state index in [9.17, 15) is 4.79 Å². The summed E-state index contributed by atoms with van der Waals surface area (Å²) < 4.78 is 4.75. The molecule has 0 aliphatic carbocycles. The average Bonchev–Trinajstić information content (AvgIpc) is 2.36. The highest BCUT2D eigenvalue weighted by Crippen LogP contribution is 2.22. The van der Waals surface area contributed by atoms with Crippen LogP contribution in [0.15, 0.2) is 24.4 Å². The number of fused-ring (bicyclic) bond motifs is 1. The van der Waals surface area contributed by atoms with E-state index < -0.39 is 5.97 Å². The molecule has 1 aromatic carbocycles. The fourth-order valence-electron chi connectivity index (χ4n) is 1.77. The van der Waals surface area contributed by atoms with Gasteiger partial charge in [0.1, 0.15) is 0 Å². The molecule has 0 fully saturated rings. The lowest BCUT2D eigenvalue weighted by molar-refractivity contribution is 0.0603. The van der Waals surface area contributed by atoms with Crippen molar-refractivity contribution in [1.29, 1.82) is 0 Å². The normalized spacial score (nSPS) is 10.5. The number of carbonyl (C=O) groups excluding carboxylic acids is 1. The summed E-state index contributed by atoms with van der Waals surface area (Å²) in [6.45, 7) is 2.04. The summed E-state index contributed by atoms with van der Waals surface area (Å²) in [7, 11) is 1.36. The Bertz CT molecular complexity index is 579. The molecule has 4 heteroatoms. The Morgan fingerprint density at radius 3 is 2.82 bits per heavy atom. The van der Waals surface area contributed by atoms with E-state index in [4.69, 9.17) is 10.5 Å². The van der Waals surface area contributed by atoms with E-state index in [0.717, 1.165) is 17.4 Å². The molecule has 2 aromatic rings. The van der Waals surface area contributed by atoms with Crippen LogP contribution < -0.4 is 5.73 Å². The third kappa shape index (κ3) is 2.06. The molecule has 88 valence electrons. The predicted octanol–water partition coefficient (Wildman–Crippen LogP) is 2.17. The minimum Gasteiger partial charge on any atom is -0.465 e. The Labute approximate surface area is 99.4 Å². The van der Waals surface area contributed by atoms with Crippen molar-refractivity contribution >= 4 is 22.6 Å². The van der Waals surface area contributed by atoms with Gasteiger partial charge in [0.15, 0.2) is 0 Å². The van der Waals surface area contributed by atoms with E-state index in [1.54, 1.807) is 18.3 Å². The molecule has 1 aromatic heterocycles. The SMILES string of the molecule is CCc1cnc2cc(N)cc(C(=O)OC)c2c1. The zero-order valence-electron chi connectivity index (χ0n) is 9.86. The number of hydrogen-bond donors (Lipinski definition) is 1. The van der Waals surface area contributed by atoms with Crippen molar-refractivity contribution in [2.75, 3.05) is 12.8 Å². The number of aryl methyl sites for hydroxylation is 1. The molecule has 4 nitrogen and oxygen atoms in total. The van der Waals surface area contributed by atoms with Crippen molar-refractivity contribution in [3.63, 3.8) is 0 Å². The Morgan fingerprint density at radius 2 is 2.18 bits per heavy atom. The van der Waals surface area contributed by atoms with E-state index >= 15 is 0 Å². The fraction of sp³-hybridized carbons (Fsp3) is 0.231. The summed E-state index contributed by atoms with van der Waals surface area (Å²) in [6, 6.07) is 5.32. The van der Waals surface area contributed by atoms with Crippen LogP contribution in [0.25, 0.3) is 10.9 Å². The third-order valence-electron chi connectivity index (χ3n) is 2.69. The lowest BCUT2D eigenvalue weighted by Crippen LogP contribution is -2.04. The molecule has 0 atom stereocenters. The number of hydrogen-bond acceptors (Lipinski definition) is 4. The van der Waals surface area contributed by atoms with Crippen molar-refractivity contribution in [3.05, 3.63) is 35.5 Å². The Kier molecular flexibility index (Phi) is 2.95. The molecule has 0 saturated carbocycles. The first-order valence-electron chi connectivity index (χ1n) is 5.42. The van der Waals surface area contributed by atoms with Crippen molar-refractivity contribution in [1.82, 2.24) is 4.98 Å². The van der Waals surface area contributed by atoms with Crippen LogP contribution in [-0.4, -0.2) is 18.1 Å². The van der Waals surface area contributed by atoms with Crippen molar-refractivity contribution in [3.8, 4) is 0 Å². The van der Waals surface area contributed by atoms with Gasteiger partial charge >= 0.3 is 5.97 Å². The molecule has 0 aliphatic rings. The fourth-order valence-corrected chi connectivity index (χ4v) is 1.77. The minimum absolute atomic E-state index is 0.391. The first kappa shape index (κ1) is 11.4. The van der Waals surface area contributed by atoms with E-state index in [2.05, 4.69) is 4.98 Å². The first-order valence-corrected chi connectivity index (χ1v) is 5.42. The van der Waals surface area contributed by atoms with E-state index in [-0.39, 0.29) is 0 Å². The second kappa shape index (κ2) is 4.41. The maximum atomic E-state index is 11.7. The van der Waals surface area contributed by atoms with Crippen LogP contribution in [-0.2, 0) is 11.2 Å². The lowest BCUT2D eigenvalue weighted by Gasteiger charge is -2.07. The molecule has 0 aliphatic heterocycles. The van der Waals surface area contributed by atoms with Crippen LogP contribution in [0.3, 0.4) is 0 Å². The summed E-state index contributed by atoms with van der Waals surface area (Å²) in [4.78, 5) is 16.0. The number of rotatable bonds is 2. The van der Waals surface area contributed by atoms with E-state index in [0.29, 0.717) is 16.8 Å². The van der Waals surface area contributed by atoms with Gasteiger partial charge in [-0.1, -0.05) is 6.92 Å². The molecule has 1 heterocycles. The molecule has 2 rings (SSSR count). The third-order valence-corrected chi connectivity index (χ3v) is 2.69. The number of pyridine rings is 1. The van der Waals surface area contributed by atoms with E-state index in [1.807, 2.05) is 13.0 Å². The summed E-state index contributed by atoms with van der Waals surface area (Å²) >= 11 is 0. The average molecular weight is 230 g/mol. The molecule has 0 bridgehead atoms. The highest BCUT2D eigenvalue weighted by Gasteiger charge is 2.12. The van der Waals surface area contributed by atoms with Gasteiger partial charge in [-0.05, 0) is 30.2 Å². The zero-order chi connectivity index (χ0) is 12.4. The number of benzene rings is 1. The molecule has 2 N–H and O–H groups in total. The minimum atomic E-state index is -0.391. The number of nitrogens with zero attached hydrogens (tertiary/aromatic N) is 1. The maximum absolute atomic E-state index is 11.7. The largest absolute Gasteiger partial charge is 0.465 e. The number of anilines is 1. The highest BCUT2D eigenvalue weighted by molar-refractivity contribution is 6.05. The van der Waals surface area contributed by atoms with Gasteiger partial charge in [0, 0.05) is 17.3 Å². The molecule has 0 spiro atoms. The van der Waals surface area contributed by atoms with Crippen LogP contribution in [0, 0.1) is 0 Å². The summed E-state index contributed by atoms with van der Waals surface area (Å²) in [6.07, 6.45) is 2.66. The lowest BCUT2D eigenvalue weighted by atomic mass is 10.0. The molecule has 0 radical (unpaired) electrons. The molecule has 0 saturated heterocycles. The Morgan fingerprint density at radius 1 is 1.41 bits per heavy atom. The highest BCUT2D eigenvalue weighted by atomic mass is 16.5. The van der Waals surface area contributed by atoms with Crippen molar-refractivity contribution in [2.45, 2.75) is 13.3 Å². The van der Waals surface area contributed by atoms with Crippen LogP contribution in [0.2, 0.25) is 0 Å². The van der Waals surface area contributed by atoms with Gasteiger partial charge in [0.05, 0.1) is 18.2 Å². The number of carbonyl (C=O) groups is 1. The number of ether oxygens (including phenoxy) is 1. The molecule has 0 unspecified atom stereocenters. The number of aromatic nitrogens is 1. The van der Waals surface area contributed by atoms with Crippen molar-refractivity contribution < 1.29 is 9.53 Å². The zero-order valence-corrected chi connectivity index (χ0v) is 9.86. The van der Waals surface area contributed by atoms with Gasteiger partial charge in [0.2, 0.25) is 0 Å². The maximum Gasteiger partial charge on any atom is 0.338 e. The second-order valence-electron chi connectivity index (χ2n) is 3.82. The van der Waals surface area contributed by atoms with Crippen LogP contribution in [0.1, 0.15) is 22.8 Å². The number of nitrogens with two attached hydrogens (primary N) is 1. The summed E-state index contributed by atoms with van der Waals surface area (Å²) in [5, 5.41) is 0.783. The van der Waals surface area contributed by atoms with Crippen LogP contribution in [0.5, 0.6) is 0 Å². The molecule has 0 amide bonds. The number of esters is 1. The van der Waals surface area contributed by atoms with Crippen LogP contribution >= 0.6 is 0 Å². The predicted molar refractivity (Wildman–Crippen MR) is 66.9 cm³/mol. The molecular formula is C13H14N2O2. The van der Waals surface area contributed by atoms with E-state index in [1.165, 1.54) is 7.11 Å². The first-order chi connectivity index (χ1) is 8.15. The quantitative estimate of drug-likeness (QED) is 0.634. The van der Waals surface area contributed by atoms with Crippen LogP contribution in [0.4, 0.5) is 5.69 Å². The van der Waals surface area contributed by atoms with Gasteiger partial charge in [-0.3, -0.25) is 4.98 Å². The summed E-state index contributed by atoms with van der Waals surface area (Å²) in [5.74, 6) is -0.391. The smallest absolute Gasteiger partial charge is 0.338 e. The molecule has 17 heavy (non-hydrogen) atoms. The molecular weight excluding hydrogens is 216 g/mol. The van der Waals surface area contributed by atoms with Gasteiger partial charge < -0.3 is 10.5 Å². The summed E-state index contributed by atoms with van der Waals surface area (Å²) in [5.41, 5.74) is 8.50. The van der Waals surface area contributed by atoms with Gasteiger partial charge in [0.25, 0.3) is 0 Å². The van der Waals surface area contributed by atoms with Crippen molar-refractivity contribution in [2.24, 2.45) is 0 Å².